The molecule has 0 atom stereocenters. The van der Waals surface area contributed by atoms with Crippen molar-refractivity contribution in [3.8, 4) is 0 Å². The van der Waals surface area contributed by atoms with E-state index < -0.39 is 17.8 Å². The van der Waals surface area contributed by atoms with Crippen molar-refractivity contribution in [2.45, 2.75) is 19.1 Å². The van der Waals surface area contributed by atoms with Crippen LogP contribution < -0.4 is 5.32 Å². The van der Waals surface area contributed by atoms with Crippen molar-refractivity contribution in [2.75, 3.05) is 13.1 Å². The Labute approximate surface area is 113 Å². The number of rotatable bonds is 6. The molecule has 112 valence electrons. The van der Waals surface area contributed by atoms with E-state index in [9.17, 15) is 18.0 Å². The Hall–Kier alpha value is -1.80. The number of nitrogens with one attached hydrogen (secondary N) is 1. The van der Waals surface area contributed by atoms with E-state index in [2.05, 4.69) is 5.32 Å². The molecule has 5 nitrogen and oxygen atoms in total. The van der Waals surface area contributed by atoms with Crippen LogP contribution in [0.2, 0.25) is 0 Å². The summed E-state index contributed by atoms with van der Waals surface area (Å²) >= 11 is 0. The molecule has 0 spiro atoms. The number of amides is 1. The molecule has 0 radical (unpaired) electrons. The van der Waals surface area contributed by atoms with Crippen molar-refractivity contribution in [3.63, 3.8) is 0 Å². The third-order valence-electron chi connectivity index (χ3n) is 2.55. The zero-order valence-electron chi connectivity index (χ0n) is 10.5. The Morgan fingerprint density at radius 2 is 1.85 bits per heavy atom. The highest BCUT2D eigenvalue weighted by Gasteiger charge is 2.29. The fraction of sp³-hybridized carbons (Fsp3) is 0.417. The molecule has 1 aromatic carbocycles. The van der Waals surface area contributed by atoms with Crippen molar-refractivity contribution in [1.82, 2.24) is 10.4 Å². The monoisotopic (exact) mass is 292 g/mol. The van der Waals surface area contributed by atoms with Gasteiger partial charge in [-0.25, -0.2) is 4.79 Å². The molecule has 0 aliphatic heterocycles. The molecule has 0 aromatic heterocycles. The van der Waals surface area contributed by atoms with Gasteiger partial charge in [-0.2, -0.15) is 18.2 Å². The van der Waals surface area contributed by atoms with Gasteiger partial charge in [-0.05, 0) is 30.7 Å². The standard InChI is InChI=1S/C12H15F3N2O3/c13-12(14,15)10-4-2-9(3-5-10)8-16-6-1-7-17(20)11(18)19/h2-5,16,20H,1,6-8H2,(H,18,19). The number of halogens is 3. The highest BCUT2D eigenvalue weighted by molar-refractivity contribution is 5.63. The Morgan fingerprint density at radius 3 is 2.35 bits per heavy atom. The normalized spacial score (nSPS) is 11.4. The van der Waals surface area contributed by atoms with Crippen LogP contribution in [0.3, 0.4) is 0 Å². The summed E-state index contributed by atoms with van der Waals surface area (Å²) in [6.07, 6.45) is -5.37. The van der Waals surface area contributed by atoms with E-state index in [1.54, 1.807) is 0 Å². The average molecular weight is 292 g/mol. The minimum atomic E-state index is -4.34. The summed E-state index contributed by atoms with van der Waals surface area (Å²) in [5.41, 5.74) is -0.00396. The molecule has 1 aromatic rings. The van der Waals surface area contributed by atoms with Crippen molar-refractivity contribution < 1.29 is 28.3 Å². The molecule has 0 unspecified atom stereocenters. The van der Waals surface area contributed by atoms with E-state index in [1.807, 2.05) is 0 Å². The third kappa shape index (κ3) is 5.45. The summed E-state index contributed by atoms with van der Waals surface area (Å²) in [7, 11) is 0. The minimum absolute atomic E-state index is 0.0324. The second-order valence-electron chi connectivity index (χ2n) is 4.13. The van der Waals surface area contributed by atoms with E-state index in [-0.39, 0.29) is 11.6 Å². The summed E-state index contributed by atoms with van der Waals surface area (Å²) in [4.78, 5) is 10.3. The molecule has 0 aliphatic rings. The lowest BCUT2D eigenvalue weighted by molar-refractivity contribution is -0.137. The number of hydroxylamine groups is 2. The van der Waals surface area contributed by atoms with Crippen LogP contribution in [0.4, 0.5) is 18.0 Å². The third-order valence-corrected chi connectivity index (χ3v) is 2.55. The number of carbonyl (C=O) groups is 1. The Bertz CT molecular complexity index is 435. The molecule has 20 heavy (non-hydrogen) atoms. The highest BCUT2D eigenvalue weighted by Crippen LogP contribution is 2.28. The molecule has 0 saturated carbocycles. The number of carboxylic acid groups (broad SMARTS) is 1. The molecule has 0 fully saturated rings. The summed E-state index contributed by atoms with van der Waals surface area (Å²) in [6.45, 7) is 0.775. The van der Waals surface area contributed by atoms with Gasteiger partial charge in [-0.1, -0.05) is 12.1 Å². The topological polar surface area (TPSA) is 72.8 Å². The lowest BCUT2D eigenvalue weighted by Crippen LogP contribution is -2.28. The summed E-state index contributed by atoms with van der Waals surface area (Å²) in [6, 6.07) is 4.78. The van der Waals surface area contributed by atoms with Gasteiger partial charge in [0.1, 0.15) is 0 Å². The largest absolute Gasteiger partial charge is 0.463 e. The zero-order valence-corrected chi connectivity index (χ0v) is 10.5. The highest BCUT2D eigenvalue weighted by atomic mass is 19.4. The van der Waals surface area contributed by atoms with E-state index in [1.165, 1.54) is 12.1 Å². The predicted octanol–water partition coefficient (Wildman–Crippen LogP) is 2.55. The number of hydrogen-bond donors (Lipinski definition) is 3. The van der Waals surface area contributed by atoms with Crippen molar-refractivity contribution in [3.05, 3.63) is 35.4 Å². The Balaban J connectivity index is 2.28. The summed E-state index contributed by atoms with van der Waals surface area (Å²) in [5.74, 6) is 0. The molecule has 0 heterocycles. The molecule has 0 saturated heterocycles. The van der Waals surface area contributed by atoms with Gasteiger partial charge in [0, 0.05) is 6.54 Å². The van der Waals surface area contributed by atoms with Crippen LogP contribution in [0.25, 0.3) is 0 Å². The first kappa shape index (κ1) is 16.3. The van der Waals surface area contributed by atoms with E-state index in [4.69, 9.17) is 10.3 Å². The van der Waals surface area contributed by atoms with Crippen LogP contribution in [-0.4, -0.2) is 34.6 Å². The van der Waals surface area contributed by atoms with Crippen molar-refractivity contribution in [1.29, 1.82) is 0 Å². The van der Waals surface area contributed by atoms with E-state index >= 15 is 0 Å². The number of hydrogen-bond acceptors (Lipinski definition) is 3. The van der Waals surface area contributed by atoms with Crippen LogP contribution in [0.1, 0.15) is 17.5 Å². The van der Waals surface area contributed by atoms with Gasteiger partial charge < -0.3 is 10.4 Å². The molecule has 1 rings (SSSR count). The minimum Gasteiger partial charge on any atom is -0.463 e. The zero-order chi connectivity index (χ0) is 15.2. The second-order valence-corrected chi connectivity index (χ2v) is 4.13. The van der Waals surface area contributed by atoms with Gasteiger partial charge in [0.25, 0.3) is 0 Å². The van der Waals surface area contributed by atoms with E-state index in [0.29, 0.717) is 25.1 Å². The van der Waals surface area contributed by atoms with Crippen LogP contribution in [0, 0.1) is 0 Å². The Kier molecular flexibility index (Phi) is 5.78. The molecule has 1 amide bonds. The molecule has 0 bridgehead atoms. The second kappa shape index (κ2) is 7.11. The number of benzene rings is 1. The summed E-state index contributed by atoms with van der Waals surface area (Å²) in [5, 5.41) is 20.3. The Morgan fingerprint density at radius 1 is 1.25 bits per heavy atom. The van der Waals surface area contributed by atoms with Gasteiger partial charge in [-0.3, -0.25) is 5.21 Å². The van der Waals surface area contributed by atoms with Crippen LogP contribution >= 0.6 is 0 Å². The van der Waals surface area contributed by atoms with Gasteiger partial charge in [0.15, 0.2) is 0 Å². The van der Waals surface area contributed by atoms with E-state index in [0.717, 1.165) is 12.1 Å². The quantitative estimate of drug-likeness (QED) is 0.428. The first-order valence-electron chi connectivity index (χ1n) is 5.87. The summed E-state index contributed by atoms with van der Waals surface area (Å²) < 4.78 is 37.0. The SMILES string of the molecule is O=C(O)N(O)CCCNCc1ccc(C(F)(F)F)cc1. The van der Waals surface area contributed by atoms with Gasteiger partial charge >= 0.3 is 12.3 Å². The van der Waals surface area contributed by atoms with Crippen LogP contribution in [0.5, 0.6) is 0 Å². The average Bonchev–Trinajstić information content (AvgIpc) is 2.37. The molecule has 3 N–H and O–H groups in total. The van der Waals surface area contributed by atoms with Gasteiger partial charge in [0.05, 0.1) is 12.1 Å². The lowest BCUT2D eigenvalue weighted by Gasteiger charge is -2.11. The molecule has 0 aliphatic carbocycles. The van der Waals surface area contributed by atoms with Crippen LogP contribution in [0.15, 0.2) is 24.3 Å². The van der Waals surface area contributed by atoms with Crippen molar-refractivity contribution in [2.24, 2.45) is 0 Å². The van der Waals surface area contributed by atoms with Crippen LogP contribution in [-0.2, 0) is 12.7 Å². The van der Waals surface area contributed by atoms with Gasteiger partial charge in [-0.15, -0.1) is 0 Å². The lowest BCUT2D eigenvalue weighted by atomic mass is 10.1. The smallest absolute Gasteiger partial charge is 0.431 e. The maximum atomic E-state index is 12.3. The molecule has 8 heteroatoms. The van der Waals surface area contributed by atoms with Gasteiger partial charge in [0.2, 0.25) is 0 Å². The van der Waals surface area contributed by atoms with Crippen molar-refractivity contribution >= 4 is 6.09 Å². The molecular formula is C12H15F3N2O3. The predicted molar refractivity (Wildman–Crippen MR) is 64.3 cm³/mol. The maximum absolute atomic E-state index is 12.3. The fourth-order valence-electron chi connectivity index (χ4n) is 1.49. The number of nitrogens with zero attached hydrogens (tertiary/aromatic N) is 1. The fourth-order valence-corrected chi connectivity index (χ4v) is 1.49. The first-order chi connectivity index (χ1) is 9.30. The number of alkyl halides is 3. The first-order valence-corrected chi connectivity index (χ1v) is 5.87. The maximum Gasteiger partial charge on any atom is 0.431 e. The molecular weight excluding hydrogens is 277 g/mol.